The lowest BCUT2D eigenvalue weighted by molar-refractivity contribution is -0.462. The minimum absolute atomic E-state index is 2.62. The van der Waals surface area contributed by atoms with E-state index in [9.17, 15) is 44.1 Å². The summed E-state index contributed by atoms with van der Waals surface area (Å²) in [5.74, 6) is 0. The summed E-state index contributed by atoms with van der Waals surface area (Å²) in [5, 5.41) is 0. The molecule has 0 aliphatic heterocycles. The van der Waals surface area contributed by atoms with E-state index in [4.69, 9.17) is 0 Å². The Morgan fingerprint density at radius 3 is 1.00 bits per heavy atom. The molecule has 7 nitrogen and oxygen atoms in total. The van der Waals surface area contributed by atoms with Gasteiger partial charge >= 0.3 is 26.1 Å². The fraction of sp³-hybridized carbons (Fsp3) is 1.00. The molecular formula is C6H6F9O7P. The van der Waals surface area contributed by atoms with Crippen LogP contribution in [0, 0.1) is 0 Å². The zero-order valence-corrected chi connectivity index (χ0v) is 11.2. The fourth-order valence-corrected chi connectivity index (χ4v) is 1.08. The van der Waals surface area contributed by atoms with Gasteiger partial charge in [0.2, 0.25) is 0 Å². The average molecular weight is 392 g/mol. The summed E-state index contributed by atoms with van der Waals surface area (Å²) in [5.41, 5.74) is 0. The second-order valence-corrected chi connectivity index (χ2v) is 4.58. The first-order valence-corrected chi connectivity index (χ1v) is 6.30. The van der Waals surface area contributed by atoms with E-state index in [0.717, 1.165) is 0 Å². The van der Waals surface area contributed by atoms with Crippen LogP contribution in [0.5, 0.6) is 0 Å². The molecule has 0 heterocycles. The van der Waals surface area contributed by atoms with Crippen LogP contribution in [-0.2, 0) is 33.3 Å². The Morgan fingerprint density at radius 1 is 0.609 bits per heavy atom. The molecule has 0 spiro atoms. The lowest BCUT2D eigenvalue weighted by Gasteiger charge is -2.20. The van der Waals surface area contributed by atoms with Gasteiger partial charge in [-0.1, -0.05) is 0 Å². The Hall–Kier alpha value is -0.640. The number of phosphoric acid groups is 1. The van der Waals surface area contributed by atoms with Crippen LogP contribution in [0.4, 0.5) is 39.5 Å². The van der Waals surface area contributed by atoms with Crippen LogP contribution in [0.25, 0.3) is 0 Å². The molecule has 0 aliphatic carbocycles. The van der Waals surface area contributed by atoms with E-state index >= 15 is 0 Å². The zero-order chi connectivity index (χ0) is 18.4. The van der Waals surface area contributed by atoms with Crippen molar-refractivity contribution in [3.8, 4) is 0 Å². The van der Waals surface area contributed by atoms with Crippen molar-refractivity contribution < 1.29 is 72.8 Å². The van der Waals surface area contributed by atoms with Gasteiger partial charge in [-0.2, -0.15) is 26.3 Å². The highest BCUT2D eigenvalue weighted by atomic mass is 31.2. The molecule has 0 amide bonds. The summed E-state index contributed by atoms with van der Waals surface area (Å²) in [6.07, 6.45) is -14.6. The summed E-state index contributed by atoms with van der Waals surface area (Å²) in [6.45, 7) is -7.85. The standard InChI is InChI=1S/C6H6F9O7P/c7-1-4(10,11)17-20-23(16,21-18-5(12,13)2-8)22-19-6(14,15)3-9/h1-3H2. The van der Waals surface area contributed by atoms with Crippen LogP contribution in [0.2, 0.25) is 0 Å². The quantitative estimate of drug-likeness (QED) is 0.217. The third kappa shape index (κ3) is 9.29. The summed E-state index contributed by atoms with van der Waals surface area (Å²) in [6, 6.07) is 0. The minimum Gasteiger partial charge on any atom is -0.241 e. The van der Waals surface area contributed by atoms with Gasteiger partial charge < -0.3 is 0 Å². The Kier molecular flexibility index (Phi) is 8.22. The van der Waals surface area contributed by atoms with Crippen molar-refractivity contribution in [3.05, 3.63) is 0 Å². The van der Waals surface area contributed by atoms with E-state index in [1.807, 2.05) is 0 Å². The Morgan fingerprint density at radius 2 is 0.826 bits per heavy atom. The third-order valence-electron chi connectivity index (χ3n) is 1.22. The van der Waals surface area contributed by atoms with Crippen molar-refractivity contribution in [1.29, 1.82) is 0 Å². The van der Waals surface area contributed by atoms with E-state index in [1.165, 1.54) is 0 Å². The van der Waals surface area contributed by atoms with Crippen molar-refractivity contribution in [2.45, 2.75) is 18.3 Å². The predicted octanol–water partition coefficient (Wildman–Crippen LogP) is 3.63. The van der Waals surface area contributed by atoms with Crippen molar-refractivity contribution in [1.82, 2.24) is 0 Å². The number of alkyl halides is 9. The summed E-state index contributed by atoms with van der Waals surface area (Å²) in [4.78, 5) is 8.35. The van der Waals surface area contributed by atoms with Gasteiger partial charge in [-0.3, -0.25) is 0 Å². The van der Waals surface area contributed by atoms with E-state index in [2.05, 4.69) is 28.7 Å². The number of rotatable bonds is 12. The fourth-order valence-electron chi connectivity index (χ4n) is 0.405. The number of hydrogen-bond donors (Lipinski definition) is 0. The smallest absolute Gasteiger partial charge is 0.241 e. The SMILES string of the molecule is O=P(OOC(F)(F)CF)(OOC(F)(F)CF)OOC(F)(F)CF. The second kappa shape index (κ2) is 8.46. The molecule has 0 aromatic carbocycles. The molecule has 0 aromatic rings. The maximum absolute atomic E-state index is 12.3. The van der Waals surface area contributed by atoms with Gasteiger partial charge in [0, 0.05) is 0 Å². The van der Waals surface area contributed by atoms with Gasteiger partial charge in [0.05, 0.1) is 0 Å². The summed E-state index contributed by atoms with van der Waals surface area (Å²) < 4.78 is 129. The van der Waals surface area contributed by atoms with Gasteiger partial charge in [0.1, 0.15) is 0 Å². The van der Waals surface area contributed by atoms with Crippen LogP contribution in [0.1, 0.15) is 0 Å². The third-order valence-corrected chi connectivity index (χ3v) is 1.99. The van der Waals surface area contributed by atoms with Gasteiger partial charge in [-0.25, -0.2) is 17.7 Å². The highest BCUT2D eigenvalue weighted by Crippen LogP contribution is 2.53. The van der Waals surface area contributed by atoms with Gasteiger partial charge in [-0.05, 0) is 0 Å². The Balaban J connectivity index is 4.93. The largest absolute Gasteiger partial charge is 0.557 e. The molecule has 0 saturated carbocycles. The topological polar surface area (TPSA) is 72.5 Å². The molecule has 0 unspecified atom stereocenters. The minimum atomic E-state index is -6.15. The highest BCUT2D eigenvalue weighted by molar-refractivity contribution is 7.48. The average Bonchev–Trinajstić information content (AvgIpc) is 2.50. The van der Waals surface area contributed by atoms with Crippen molar-refractivity contribution in [2.75, 3.05) is 20.0 Å². The van der Waals surface area contributed by atoms with E-state index in [-0.39, 0.29) is 0 Å². The molecule has 0 rings (SSSR count). The van der Waals surface area contributed by atoms with Crippen LogP contribution in [0.3, 0.4) is 0 Å². The van der Waals surface area contributed by atoms with Crippen molar-refractivity contribution in [2.24, 2.45) is 0 Å². The van der Waals surface area contributed by atoms with Crippen LogP contribution in [-0.4, -0.2) is 38.3 Å². The molecular weight excluding hydrogens is 386 g/mol. The Bertz CT molecular complexity index is 351. The number of halogens is 9. The maximum Gasteiger partial charge on any atom is 0.557 e. The molecule has 140 valence electrons. The number of hydrogen-bond acceptors (Lipinski definition) is 7. The molecule has 0 aromatic heterocycles. The predicted molar refractivity (Wildman–Crippen MR) is 46.9 cm³/mol. The van der Waals surface area contributed by atoms with Crippen molar-refractivity contribution in [3.63, 3.8) is 0 Å². The molecule has 0 N–H and O–H groups in total. The first kappa shape index (κ1) is 22.4. The molecule has 23 heavy (non-hydrogen) atoms. The van der Waals surface area contributed by atoms with Crippen LogP contribution in [0.15, 0.2) is 0 Å². The van der Waals surface area contributed by atoms with E-state index in [0.29, 0.717) is 0 Å². The monoisotopic (exact) mass is 392 g/mol. The molecule has 0 aliphatic rings. The summed E-state index contributed by atoms with van der Waals surface area (Å²) in [7, 11) is -6.15. The van der Waals surface area contributed by atoms with E-state index in [1.54, 1.807) is 0 Å². The van der Waals surface area contributed by atoms with Gasteiger partial charge in [0.25, 0.3) is 0 Å². The second-order valence-electron chi connectivity index (χ2n) is 3.23. The normalized spacial score (nSPS) is 14.3. The van der Waals surface area contributed by atoms with Crippen molar-refractivity contribution >= 4 is 7.82 Å². The molecule has 17 heteroatoms. The van der Waals surface area contributed by atoms with Gasteiger partial charge in [0.15, 0.2) is 20.0 Å². The zero-order valence-electron chi connectivity index (χ0n) is 10.3. The highest BCUT2D eigenvalue weighted by Gasteiger charge is 2.46. The van der Waals surface area contributed by atoms with Gasteiger partial charge in [-0.15, -0.1) is 28.7 Å². The molecule has 0 saturated heterocycles. The first-order valence-electron chi connectivity index (χ1n) is 4.84. The lowest BCUT2D eigenvalue weighted by atomic mass is 10.7. The molecule has 0 radical (unpaired) electrons. The van der Waals surface area contributed by atoms with Crippen LogP contribution < -0.4 is 0 Å². The molecule has 0 atom stereocenters. The molecule has 0 fully saturated rings. The Labute approximate surface area is 120 Å². The van der Waals surface area contributed by atoms with Crippen LogP contribution >= 0.6 is 7.82 Å². The first-order chi connectivity index (χ1) is 10.3. The van der Waals surface area contributed by atoms with E-state index < -0.39 is 46.2 Å². The lowest BCUT2D eigenvalue weighted by Crippen LogP contribution is -2.27. The maximum atomic E-state index is 12.3. The molecule has 0 bridgehead atoms. The summed E-state index contributed by atoms with van der Waals surface area (Å²) >= 11 is 0.